The summed E-state index contributed by atoms with van der Waals surface area (Å²) in [4.78, 5) is 25.9. The average molecular weight is 524 g/mol. The van der Waals surface area contributed by atoms with Crippen molar-refractivity contribution < 1.29 is 33.0 Å². The van der Waals surface area contributed by atoms with E-state index < -0.39 is 23.7 Å². The highest BCUT2D eigenvalue weighted by Gasteiger charge is 2.30. The molecule has 4 N–H and O–H groups in total. The number of carboxylic acid groups (broad SMARTS) is 2. The van der Waals surface area contributed by atoms with Crippen LogP contribution in [-0.2, 0) is 6.18 Å². The number of nitrogens with zero attached hydrogens (tertiary/aromatic N) is 1. The molecule has 0 aliphatic heterocycles. The molecule has 0 amide bonds. The Hall–Kier alpha value is -4.86. The summed E-state index contributed by atoms with van der Waals surface area (Å²) in [7, 11) is 0. The van der Waals surface area contributed by atoms with Crippen molar-refractivity contribution in [1.82, 2.24) is 4.98 Å². The van der Waals surface area contributed by atoms with Crippen LogP contribution in [0, 0.1) is 13.8 Å². The number of aromatic carboxylic acids is 2. The molecule has 4 aromatic rings. The van der Waals surface area contributed by atoms with E-state index in [4.69, 9.17) is 10.2 Å². The van der Waals surface area contributed by atoms with Crippen molar-refractivity contribution >= 4 is 34.8 Å². The van der Waals surface area contributed by atoms with Gasteiger partial charge in [-0.15, -0.1) is 0 Å². The molecule has 1 heterocycles. The van der Waals surface area contributed by atoms with Crippen LogP contribution in [0.15, 0.2) is 85.1 Å². The van der Waals surface area contributed by atoms with Gasteiger partial charge in [0.15, 0.2) is 0 Å². The highest BCUT2D eigenvalue weighted by molar-refractivity contribution is 5.95. The molecular formula is C28H24F3N3O4. The summed E-state index contributed by atoms with van der Waals surface area (Å²) in [5.41, 5.74) is 3.28. The van der Waals surface area contributed by atoms with Crippen molar-refractivity contribution in [2.45, 2.75) is 20.0 Å². The minimum atomic E-state index is -4.46. The maximum Gasteiger partial charge on any atom is 0.416 e. The van der Waals surface area contributed by atoms with Gasteiger partial charge < -0.3 is 20.8 Å². The highest BCUT2D eigenvalue weighted by atomic mass is 19.4. The summed E-state index contributed by atoms with van der Waals surface area (Å²) in [6, 6.07) is 20.0. The third-order valence-electron chi connectivity index (χ3n) is 5.52. The summed E-state index contributed by atoms with van der Waals surface area (Å²) in [6.45, 7) is 4.05. The van der Waals surface area contributed by atoms with Gasteiger partial charge in [-0.1, -0.05) is 30.3 Å². The lowest BCUT2D eigenvalue weighted by Crippen LogP contribution is -2.07. The molecule has 0 saturated carbocycles. The molecule has 0 fully saturated rings. The van der Waals surface area contributed by atoms with E-state index in [-0.39, 0.29) is 22.6 Å². The molecule has 0 aliphatic carbocycles. The molecule has 0 radical (unpaired) electrons. The summed E-state index contributed by atoms with van der Waals surface area (Å²) in [5, 5.41) is 23.9. The largest absolute Gasteiger partial charge is 0.478 e. The molecule has 0 saturated heterocycles. The van der Waals surface area contributed by atoms with Crippen LogP contribution in [0.5, 0.6) is 0 Å². The molecule has 196 valence electrons. The van der Waals surface area contributed by atoms with Crippen molar-refractivity contribution in [1.29, 1.82) is 0 Å². The quantitative estimate of drug-likeness (QED) is 0.210. The van der Waals surface area contributed by atoms with Gasteiger partial charge in [0.05, 0.1) is 16.8 Å². The number of para-hydroxylation sites is 1. The number of carboxylic acids is 2. The van der Waals surface area contributed by atoms with Gasteiger partial charge >= 0.3 is 18.1 Å². The number of anilines is 4. The maximum absolute atomic E-state index is 12.6. The fourth-order valence-electron chi connectivity index (χ4n) is 3.40. The monoisotopic (exact) mass is 523 g/mol. The molecule has 0 spiro atoms. The van der Waals surface area contributed by atoms with Gasteiger partial charge in [-0.25, -0.2) is 14.6 Å². The van der Waals surface area contributed by atoms with E-state index in [0.717, 1.165) is 23.4 Å². The topological polar surface area (TPSA) is 112 Å². The van der Waals surface area contributed by atoms with Crippen LogP contribution in [-0.4, -0.2) is 27.1 Å². The van der Waals surface area contributed by atoms with Crippen LogP contribution in [0.2, 0.25) is 0 Å². The first kappa shape index (κ1) is 27.7. The number of carbonyl (C=O) groups is 2. The lowest BCUT2D eigenvalue weighted by atomic mass is 10.1. The number of nitrogens with one attached hydrogen (secondary N) is 2. The molecule has 0 bridgehead atoms. The van der Waals surface area contributed by atoms with Gasteiger partial charge in [-0.2, -0.15) is 13.2 Å². The number of hydrogen-bond donors (Lipinski definition) is 4. The lowest BCUT2D eigenvalue weighted by Gasteiger charge is -2.13. The summed E-state index contributed by atoms with van der Waals surface area (Å²) in [6.07, 6.45) is -3.11. The molecule has 10 heteroatoms. The first-order valence-electron chi connectivity index (χ1n) is 11.3. The Bertz CT molecular complexity index is 1460. The van der Waals surface area contributed by atoms with E-state index in [1.54, 1.807) is 18.2 Å². The summed E-state index contributed by atoms with van der Waals surface area (Å²) in [5.74, 6) is -2.16. The minimum absolute atomic E-state index is 0.0145. The van der Waals surface area contributed by atoms with Crippen LogP contribution in [0.1, 0.15) is 37.4 Å². The Balaban J connectivity index is 0.000000212. The van der Waals surface area contributed by atoms with E-state index >= 15 is 0 Å². The second-order valence-electron chi connectivity index (χ2n) is 8.13. The smallest absolute Gasteiger partial charge is 0.416 e. The number of rotatable bonds is 6. The number of halogens is 3. The molecule has 7 nitrogen and oxygen atoms in total. The van der Waals surface area contributed by atoms with E-state index in [9.17, 15) is 22.8 Å². The Morgan fingerprint density at radius 1 is 0.763 bits per heavy atom. The number of pyridine rings is 1. The molecule has 4 rings (SSSR count). The number of benzene rings is 3. The maximum atomic E-state index is 12.6. The van der Waals surface area contributed by atoms with E-state index in [0.29, 0.717) is 5.69 Å². The standard InChI is InChI=1S/C15H15NO2.C13H9F3N2O2/c1-10-6-5-9-13(11(10)2)16-14-8-4-3-7-12(14)15(17)18;14-13(15,16)8-3-1-4-9(7-8)18-11-10(12(19)20)5-2-6-17-11/h3-9,16H,1-2H3,(H,17,18);1-7H,(H,17,18)(H,19,20). The van der Waals surface area contributed by atoms with Gasteiger partial charge in [-0.05, 0) is 73.5 Å². The minimum Gasteiger partial charge on any atom is -0.478 e. The zero-order chi connectivity index (χ0) is 27.9. The van der Waals surface area contributed by atoms with Gasteiger partial charge in [0.1, 0.15) is 11.4 Å². The Kier molecular flexibility index (Phi) is 8.69. The molecule has 0 unspecified atom stereocenters. The van der Waals surface area contributed by atoms with Gasteiger partial charge in [-0.3, -0.25) is 0 Å². The number of aryl methyl sites for hydroxylation is 1. The molecular weight excluding hydrogens is 499 g/mol. The van der Waals surface area contributed by atoms with Crippen molar-refractivity contribution in [3.05, 3.63) is 113 Å². The molecule has 0 atom stereocenters. The van der Waals surface area contributed by atoms with Crippen LogP contribution in [0.4, 0.5) is 36.1 Å². The van der Waals surface area contributed by atoms with E-state index in [1.807, 2.05) is 38.1 Å². The fraction of sp³-hybridized carbons (Fsp3) is 0.107. The average Bonchev–Trinajstić information content (AvgIpc) is 2.87. The number of hydrogen-bond acceptors (Lipinski definition) is 5. The van der Waals surface area contributed by atoms with E-state index in [2.05, 4.69) is 15.6 Å². The Labute approximate surface area is 216 Å². The first-order valence-corrected chi connectivity index (χ1v) is 11.3. The van der Waals surface area contributed by atoms with Crippen LogP contribution in [0.25, 0.3) is 0 Å². The third kappa shape index (κ3) is 7.10. The number of alkyl halides is 3. The lowest BCUT2D eigenvalue weighted by molar-refractivity contribution is -0.137. The summed E-state index contributed by atoms with van der Waals surface area (Å²) < 4.78 is 37.7. The zero-order valence-corrected chi connectivity index (χ0v) is 20.4. The first-order chi connectivity index (χ1) is 18.0. The van der Waals surface area contributed by atoms with Crippen molar-refractivity contribution in [2.75, 3.05) is 10.6 Å². The predicted octanol–water partition coefficient (Wildman–Crippen LogP) is 7.29. The van der Waals surface area contributed by atoms with Gasteiger partial charge in [0.2, 0.25) is 0 Å². The SMILES string of the molecule is Cc1cccc(Nc2ccccc2C(=O)O)c1C.O=C(O)c1cccnc1Nc1cccc(C(F)(F)F)c1. The highest BCUT2D eigenvalue weighted by Crippen LogP contribution is 2.31. The van der Waals surface area contributed by atoms with Crippen molar-refractivity contribution in [2.24, 2.45) is 0 Å². The number of aromatic nitrogens is 1. The van der Waals surface area contributed by atoms with Crippen LogP contribution < -0.4 is 10.6 Å². The molecule has 1 aromatic heterocycles. The fourth-order valence-corrected chi connectivity index (χ4v) is 3.40. The van der Waals surface area contributed by atoms with E-state index in [1.165, 1.54) is 36.0 Å². The van der Waals surface area contributed by atoms with Crippen molar-refractivity contribution in [3.63, 3.8) is 0 Å². The zero-order valence-electron chi connectivity index (χ0n) is 20.4. The van der Waals surface area contributed by atoms with Crippen LogP contribution in [0.3, 0.4) is 0 Å². The van der Waals surface area contributed by atoms with Crippen molar-refractivity contribution in [3.8, 4) is 0 Å². The normalized spacial score (nSPS) is 10.7. The Morgan fingerprint density at radius 3 is 2.08 bits per heavy atom. The van der Waals surface area contributed by atoms with Crippen LogP contribution >= 0.6 is 0 Å². The molecule has 0 aliphatic rings. The summed E-state index contributed by atoms with van der Waals surface area (Å²) >= 11 is 0. The second kappa shape index (κ2) is 11.9. The molecule has 38 heavy (non-hydrogen) atoms. The second-order valence-corrected chi connectivity index (χ2v) is 8.13. The van der Waals surface area contributed by atoms with Gasteiger partial charge in [0.25, 0.3) is 0 Å². The third-order valence-corrected chi connectivity index (χ3v) is 5.52. The molecule has 3 aromatic carbocycles. The predicted molar refractivity (Wildman–Crippen MR) is 139 cm³/mol. The Morgan fingerprint density at radius 2 is 1.39 bits per heavy atom. The van der Waals surface area contributed by atoms with Gasteiger partial charge in [0, 0.05) is 17.6 Å².